The van der Waals surface area contributed by atoms with E-state index < -0.39 is 0 Å². The minimum atomic E-state index is -0.387. The topological polar surface area (TPSA) is 52.6 Å². The Morgan fingerprint density at radius 3 is 1.62 bits per heavy atom. The number of carbonyl (C=O) groups is 2. The van der Waals surface area contributed by atoms with Crippen LogP contribution in [0.3, 0.4) is 0 Å². The van der Waals surface area contributed by atoms with Crippen LogP contribution in [0.5, 0.6) is 0 Å². The van der Waals surface area contributed by atoms with Gasteiger partial charge >= 0.3 is 11.9 Å². The van der Waals surface area contributed by atoms with Crippen molar-refractivity contribution in [3.8, 4) is 0 Å². The zero-order valence-electron chi connectivity index (χ0n) is 10.2. The van der Waals surface area contributed by atoms with E-state index >= 15 is 0 Å². The minimum absolute atomic E-state index is 0.327. The standard InChI is InChI=1S/C12H18O4/c1-7(2)8-5-9(11(13)15-3)10(6-8)12(14)16-4/h9-10H,5-6H2,1-4H3/t9-,10-/m0/s1. The molecule has 0 aromatic carbocycles. The van der Waals surface area contributed by atoms with Crippen molar-refractivity contribution in [2.75, 3.05) is 14.2 Å². The first-order valence-electron chi connectivity index (χ1n) is 5.32. The summed E-state index contributed by atoms with van der Waals surface area (Å²) >= 11 is 0. The zero-order valence-corrected chi connectivity index (χ0v) is 10.2. The van der Waals surface area contributed by atoms with Gasteiger partial charge in [-0.1, -0.05) is 11.1 Å². The lowest BCUT2D eigenvalue weighted by molar-refractivity contribution is -0.156. The molecule has 0 aromatic heterocycles. The van der Waals surface area contributed by atoms with Gasteiger partial charge < -0.3 is 9.47 Å². The number of carbonyl (C=O) groups excluding carboxylic acids is 2. The zero-order chi connectivity index (χ0) is 12.3. The summed E-state index contributed by atoms with van der Waals surface area (Å²) in [5, 5.41) is 0. The SMILES string of the molecule is COC(=O)[C@H]1CC(=C(C)C)C[C@@H]1C(=O)OC. The molecule has 0 unspecified atom stereocenters. The normalized spacial score (nSPS) is 24.1. The Bertz CT molecular complexity index is 300. The van der Waals surface area contributed by atoms with Crippen molar-refractivity contribution >= 4 is 11.9 Å². The molecule has 1 aliphatic carbocycles. The maximum atomic E-state index is 11.6. The molecule has 0 bridgehead atoms. The quantitative estimate of drug-likeness (QED) is 0.531. The molecule has 90 valence electrons. The molecule has 1 aliphatic rings. The summed E-state index contributed by atoms with van der Waals surface area (Å²) in [4.78, 5) is 23.1. The first-order chi connectivity index (χ1) is 7.51. The molecule has 0 aliphatic heterocycles. The van der Waals surface area contributed by atoms with Crippen molar-refractivity contribution in [3.05, 3.63) is 11.1 Å². The van der Waals surface area contributed by atoms with Crippen molar-refractivity contribution < 1.29 is 19.1 Å². The van der Waals surface area contributed by atoms with Crippen molar-refractivity contribution in [1.82, 2.24) is 0 Å². The highest BCUT2D eigenvalue weighted by atomic mass is 16.5. The van der Waals surface area contributed by atoms with E-state index in [0.29, 0.717) is 12.8 Å². The second kappa shape index (κ2) is 5.14. The molecule has 0 spiro atoms. The van der Waals surface area contributed by atoms with Crippen molar-refractivity contribution in [2.45, 2.75) is 26.7 Å². The van der Waals surface area contributed by atoms with Gasteiger partial charge in [0, 0.05) is 0 Å². The van der Waals surface area contributed by atoms with Gasteiger partial charge in [0.1, 0.15) is 0 Å². The number of esters is 2. The Hall–Kier alpha value is -1.32. The Morgan fingerprint density at radius 2 is 1.38 bits per heavy atom. The van der Waals surface area contributed by atoms with Crippen molar-refractivity contribution in [1.29, 1.82) is 0 Å². The number of allylic oxidation sites excluding steroid dienone is 2. The Labute approximate surface area is 95.6 Å². The maximum absolute atomic E-state index is 11.6. The fraction of sp³-hybridized carbons (Fsp3) is 0.667. The summed E-state index contributed by atoms with van der Waals surface area (Å²) in [5.41, 5.74) is 2.33. The van der Waals surface area contributed by atoms with E-state index in [2.05, 4.69) is 0 Å². The van der Waals surface area contributed by atoms with Crippen LogP contribution >= 0.6 is 0 Å². The molecule has 1 rings (SSSR count). The number of ether oxygens (including phenoxy) is 2. The largest absolute Gasteiger partial charge is 0.469 e. The molecule has 16 heavy (non-hydrogen) atoms. The van der Waals surface area contributed by atoms with Gasteiger partial charge in [-0.3, -0.25) is 9.59 Å². The molecule has 2 atom stereocenters. The van der Waals surface area contributed by atoms with E-state index in [1.807, 2.05) is 13.8 Å². The first-order valence-corrected chi connectivity index (χ1v) is 5.32. The molecule has 0 aromatic rings. The van der Waals surface area contributed by atoms with Crippen LogP contribution in [-0.4, -0.2) is 26.2 Å². The fourth-order valence-corrected chi connectivity index (χ4v) is 2.10. The monoisotopic (exact) mass is 226 g/mol. The van der Waals surface area contributed by atoms with Crippen molar-refractivity contribution in [2.24, 2.45) is 11.8 Å². The van der Waals surface area contributed by atoms with Crippen LogP contribution in [0.25, 0.3) is 0 Å². The average molecular weight is 226 g/mol. The highest BCUT2D eigenvalue weighted by molar-refractivity contribution is 5.83. The average Bonchev–Trinajstić information content (AvgIpc) is 2.71. The molecule has 0 N–H and O–H groups in total. The summed E-state index contributed by atoms with van der Waals surface area (Å²) < 4.78 is 9.44. The molecule has 4 nitrogen and oxygen atoms in total. The van der Waals surface area contributed by atoms with Crippen LogP contribution in [-0.2, 0) is 19.1 Å². The van der Waals surface area contributed by atoms with Gasteiger partial charge in [-0.05, 0) is 26.7 Å². The van der Waals surface area contributed by atoms with Gasteiger partial charge in [0.25, 0.3) is 0 Å². The van der Waals surface area contributed by atoms with Crippen LogP contribution < -0.4 is 0 Å². The predicted octanol–water partition coefficient (Wildman–Crippen LogP) is 1.70. The van der Waals surface area contributed by atoms with Crippen LogP contribution in [0.2, 0.25) is 0 Å². The smallest absolute Gasteiger partial charge is 0.309 e. The lowest BCUT2D eigenvalue weighted by Crippen LogP contribution is -2.27. The molecule has 0 saturated heterocycles. The third kappa shape index (κ3) is 2.43. The van der Waals surface area contributed by atoms with Crippen LogP contribution in [0, 0.1) is 11.8 Å². The molecular weight excluding hydrogens is 208 g/mol. The first kappa shape index (κ1) is 12.7. The third-order valence-electron chi connectivity index (χ3n) is 3.13. The van der Waals surface area contributed by atoms with Gasteiger partial charge in [-0.15, -0.1) is 0 Å². The molecule has 1 saturated carbocycles. The van der Waals surface area contributed by atoms with E-state index in [0.717, 1.165) is 5.57 Å². The highest BCUT2D eigenvalue weighted by Gasteiger charge is 2.41. The van der Waals surface area contributed by atoms with Crippen LogP contribution in [0.15, 0.2) is 11.1 Å². The van der Waals surface area contributed by atoms with Gasteiger partial charge in [-0.25, -0.2) is 0 Å². The van der Waals surface area contributed by atoms with Crippen molar-refractivity contribution in [3.63, 3.8) is 0 Å². The Kier molecular flexibility index (Phi) is 4.10. The van der Waals surface area contributed by atoms with E-state index in [1.165, 1.54) is 19.8 Å². The number of rotatable bonds is 2. The van der Waals surface area contributed by atoms with E-state index in [9.17, 15) is 9.59 Å². The second-order valence-electron chi connectivity index (χ2n) is 4.27. The van der Waals surface area contributed by atoms with E-state index in [-0.39, 0.29) is 23.8 Å². The number of hydrogen-bond donors (Lipinski definition) is 0. The highest BCUT2D eigenvalue weighted by Crippen LogP contribution is 2.38. The maximum Gasteiger partial charge on any atom is 0.309 e. The molecule has 0 amide bonds. The summed E-state index contributed by atoms with van der Waals surface area (Å²) in [6.07, 6.45) is 1.21. The summed E-state index contributed by atoms with van der Waals surface area (Å²) in [5.74, 6) is -1.43. The van der Waals surface area contributed by atoms with Gasteiger partial charge in [-0.2, -0.15) is 0 Å². The van der Waals surface area contributed by atoms with E-state index in [4.69, 9.17) is 9.47 Å². The number of methoxy groups -OCH3 is 2. The van der Waals surface area contributed by atoms with Gasteiger partial charge in [0.2, 0.25) is 0 Å². The Morgan fingerprint density at radius 1 is 1.00 bits per heavy atom. The Balaban J connectivity index is 2.92. The fourth-order valence-electron chi connectivity index (χ4n) is 2.10. The van der Waals surface area contributed by atoms with Crippen LogP contribution in [0.1, 0.15) is 26.7 Å². The lowest BCUT2D eigenvalue weighted by Gasteiger charge is -2.13. The molecular formula is C12H18O4. The van der Waals surface area contributed by atoms with Gasteiger partial charge in [0.15, 0.2) is 0 Å². The summed E-state index contributed by atoms with van der Waals surface area (Å²) in [6.45, 7) is 3.98. The van der Waals surface area contributed by atoms with Gasteiger partial charge in [0.05, 0.1) is 26.1 Å². The van der Waals surface area contributed by atoms with E-state index in [1.54, 1.807) is 0 Å². The lowest BCUT2D eigenvalue weighted by atomic mass is 9.96. The summed E-state index contributed by atoms with van der Waals surface area (Å²) in [6, 6.07) is 0. The minimum Gasteiger partial charge on any atom is -0.469 e. The number of hydrogen-bond acceptors (Lipinski definition) is 4. The third-order valence-corrected chi connectivity index (χ3v) is 3.13. The second-order valence-corrected chi connectivity index (χ2v) is 4.27. The molecule has 0 heterocycles. The molecule has 1 fully saturated rings. The molecule has 0 radical (unpaired) electrons. The molecule has 4 heteroatoms. The summed E-state index contributed by atoms with van der Waals surface area (Å²) in [7, 11) is 2.69. The predicted molar refractivity (Wildman–Crippen MR) is 58.6 cm³/mol. The van der Waals surface area contributed by atoms with Crippen LogP contribution in [0.4, 0.5) is 0 Å².